The van der Waals surface area contributed by atoms with Gasteiger partial charge >= 0.3 is 0 Å². The summed E-state index contributed by atoms with van der Waals surface area (Å²) in [5.41, 5.74) is 1.43. The summed E-state index contributed by atoms with van der Waals surface area (Å²) in [5, 5.41) is 0. The van der Waals surface area contributed by atoms with Crippen LogP contribution in [0.2, 0.25) is 0 Å². The normalized spacial score (nSPS) is 21.7. The van der Waals surface area contributed by atoms with E-state index in [9.17, 15) is 4.79 Å². The van der Waals surface area contributed by atoms with Gasteiger partial charge in [-0.15, -0.1) is 11.3 Å². The smallest absolute Gasteiger partial charge is 0.264 e. The molecule has 122 valence electrons. The number of aromatic nitrogens is 2. The van der Waals surface area contributed by atoms with Gasteiger partial charge in [-0.2, -0.15) is 0 Å². The van der Waals surface area contributed by atoms with Crippen LogP contribution in [0.15, 0.2) is 24.8 Å². The Morgan fingerprint density at radius 1 is 1.22 bits per heavy atom. The van der Waals surface area contributed by atoms with Gasteiger partial charge < -0.3 is 9.47 Å². The van der Waals surface area contributed by atoms with Crippen molar-refractivity contribution in [2.75, 3.05) is 13.1 Å². The van der Waals surface area contributed by atoms with Crippen molar-refractivity contribution in [3.05, 3.63) is 40.1 Å². The summed E-state index contributed by atoms with van der Waals surface area (Å²) in [5.74, 6) is 0.230. The van der Waals surface area contributed by atoms with Gasteiger partial charge in [0.05, 0.1) is 17.2 Å². The van der Waals surface area contributed by atoms with Crippen molar-refractivity contribution in [1.82, 2.24) is 14.5 Å². The summed E-state index contributed by atoms with van der Waals surface area (Å²) in [4.78, 5) is 21.5. The molecule has 0 spiro atoms. The number of nitrogens with zero attached hydrogens (tertiary/aromatic N) is 3. The van der Waals surface area contributed by atoms with Crippen molar-refractivity contribution >= 4 is 17.2 Å². The highest BCUT2D eigenvalue weighted by Gasteiger charge is 2.27. The Bertz CT molecular complexity index is 653. The third-order valence-corrected chi connectivity index (χ3v) is 6.31. The predicted molar refractivity (Wildman–Crippen MR) is 92.0 cm³/mol. The molecule has 1 atom stereocenters. The Morgan fingerprint density at radius 3 is 3.00 bits per heavy atom. The molecule has 1 amide bonds. The quantitative estimate of drug-likeness (QED) is 0.788. The number of likely N-dealkylation sites (tertiary alicyclic amines) is 1. The number of carbonyl (C=O) groups excluding carboxylic acids is 1. The van der Waals surface area contributed by atoms with Crippen molar-refractivity contribution < 1.29 is 4.79 Å². The largest absolute Gasteiger partial charge is 0.336 e. The Hall–Kier alpha value is -1.62. The van der Waals surface area contributed by atoms with Crippen LogP contribution in [0.5, 0.6) is 0 Å². The van der Waals surface area contributed by atoms with Crippen molar-refractivity contribution in [3.8, 4) is 0 Å². The molecule has 0 unspecified atom stereocenters. The average Bonchev–Trinajstić information content (AvgIpc) is 3.21. The van der Waals surface area contributed by atoms with Crippen LogP contribution in [0.3, 0.4) is 0 Å². The van der Waals surface area contributed by atoms with E-state index in [1.54, 1.807) is 11.3 Å². The molecule has 2 aromatic rings. The van der Waals surface area contributed by atoms with E-state index in [1.165, 1.54) is 29.7 Å². The van der Waals surface area contributed by atoms with E-state index in [-0.39, 0.29) is 5.91 Å². The zero-order valence-electron chi connectivity index (χ0n) is 13.4. The first-order chi connectivity index (χ1) is 11.3. The molecule has 2 aliphatic rings. The first-order valence-corrected chi connectivity index (χ1v) is 9.51. The van der Waals surface area contributed by atoms with Crippen molar-refractivity contribution in [2.45, 2.75) is 51.0 Å². The monoisotopic (exact) mass is 329 g/mol. The third kappa shape index (κ3) is 3.07. The zero-order valence-corrected chi connectivity index (χ0v) is 14.2. The van der Waals surface area contributed by atoms with Gasteiger partial charge in [0, 0.05) is 30.4 Å². The number of aryl methyl sites for hydroxylation is 2. The van der Waals surface area contributed by atoms with Crippen LogP contribution in [0.25, 0.3) is 0 Å². The molecule has 1 fully saturated rings. The third-order valence-electron chi connectivity index (χ3n) is 5.09. The molecule has 0 radical (unpaired) electrons. The van der Waals surface area contributed by atoms with E-state index < -0.39 is 0 Å². The number of fused-ring (bicyclic) bond motifs is 1. The molecule has 4 rings (SSSR count). The fraction of sp³-hybridized carbons (Fsp3) is 0.556. The Balaban J connectivity index is 1.50. The van der Waals surface area contributed by atoms with E-state index in [4.69, 9.17) is 0 Å². The molecule has 3 heterocycles. The van der Waals surface area contributed by atoms with Crippen LogP contribution < -0.4 is 0 Å². The maximum atomic E-state index is 12.9. The summed E-state index contributed by atoms with van der Waals surface area (Å²) < 4.78 is 2.14. The number of carbonyl (C=O) groups is 1. The molecular weight excluding hydrogens is 306 g/mol. The molecular formula is C18H23N3OS. The van der Waals surface area contributed by atoms with Gasteiger partial charge in [-0.3, -0.25) is 4.79 Å². The lowest BCUT2D eigenvalue weighted by Gasteiger charge is -2.33. The summed E-state index contributed by atoms with van der Waals surface area (Å²) in [6.07, 6.45) is 14.1. The second-order valence-corrected chi connectivity index (χ2v) is 7.81. The van der Waals surface area contributed by atoms with E-state index in [0.717, 1.165) is 43.6 Å². The van der Waals surface area contributed by atoms with Gasteiger partial charge in [-0.25, -0.2) is 4.98 Å². The Kier molecular flexibility index (Phi) is 4.21. The molecule has 1 aliphatic heterocycles. The Morgan fingerprint density at radius 2 is 2.13 bits per heavy atom. The molecule has 0 N–H and O–H groups in total. The topological polar surface area (TPSA) is 38.1 Å². The summed E-state index contributed by atoms with van der Waals surface area (Å²) in [6, 6.07) is 2.54. The number of hydrogen-bond donors (Lipinski definition) is 0. The van der Waals surface area contributed by atoms with Crippen LogP contribution >= 0.6 is 11.3 Å². The Labute approximate surface area is 141 Å². The highest BCUT2D eigenvalue weighted by Crippen LogP contribution is 2.31. The minimum Gasteiger partial charge on any atom is -0.336 e. The standard InChI is InChI=1S/C18H23N3OS/c22-18(17-11-14-5-2-1-3-7-16(14)23-17)20-9-4-6-15(12-20)21-10-8-19-13-21/h8,10-11,13,15H,1-7,9,12H2/t15-/m1/s1. The van der Waals surface area contributed by atoms with E-state index >= 15 is 0 Å². The maximum absolute atomic E-state index is 12.9. The van der Waals surface area contributed by atoms with Gasteiger partial charge in [-0.1, -0.05) is 6.42 Å². The number of amides is 1. The number of rotatable bonds is 2. The summed E-state index contributed by atoms with van der Waals surface area (Å²) in [7, 11) is 0. The fourth-order valence-corrected chi connectivity index (χ4v) is 5.02. The van der Waals surface area contributed by atoms with Crippen LogP contribution in [0.4, 0.5) is 0 Å². The van der Waals surface area contributed by atoms with Crippen LogP contribution in [0, 0.1) is 0 Å². The van der Waals surface area contributed by atoms with E-state index in [0.29, 0.717) is 6.04 Å². The molecule has 0 bridgehead atoms. The number of imidazole rings is 1. The van der Waals surface area contributed by atoms with Gasteiger partial charge in [0.15, 0.2) is 0 Å². The molecule has 2 aromatic heterocycles. The van der Waals surface area contributed by atoms with Gasteiger partial charge in [-0.05, 0) is 50.2 Å². The number of piperidine rings is 1. The molecule has 23 heavy (non-hydrogen) atoms. The zero-order chi connectivity index (χ0) is 15.6. The van der Waals surface area contributed by atoms with Crippen molar-refractivity contribution in [2.24, 2.45) is 0 Å². The van der Waals surface area contributed by atoms with Gasteiger partial charge in [0.2, 0.25) is 0 Å². The SMILES string of the molecule is O=C(c1cc2c(s1)CCCCC2)N1CCC[C@@H](n2ccnc2)C1. The van der Waals surface area contributed by atoms with Gasteiger partial charge in [0.1, 0.15) is 0 Å². The second kappa shape index (κ2) is 6.48. The molecule has 0 saturated carbocycles. The predicted octanol–water partition coefficient (Wildman–Crippen LogP) is 3.69. The first kappa shape index (κ1) is 14.9. The number of hydrogen-bond acceptors (Lipinski definition) is 3. The van der Waals surface area contributed by atoms with Crippen molar-refractivity contribution in [1.29, 1.82) is 0 Å². The molecule has 4 nitrogen and oxygen atoms in total. The summed E-state index contributed by atoms with van der Waals surface area (Å²) >= 11 is 1.74. The van der Waals surface area contributed by atoms with E-state index in [1.807, 2.05) is 23.6 Å². The van der Waals surface area contributed by atoms with Crippen LogP contribution in [-0.2, 0) is 12.8 Å². The van der Waals surface area contributed by atoms with Gasteiger partial charge in [0.25, 0.3) is 5.91 Å². The highest BCUT2D eigenvalue weighted by atomic mass is 32.1. The lowest BCUT2D eigenvalue weighted by Crippen LogP contribution is -2.40. The van der Waals surface area contributed by atoms with Crippen LogP contribution in [0.1, 0.15) is 58.3 Å². The number of thiophene rings is 1. The lowest BCUT2D eigenvalue weighted by molar-refractivity contribution is 0.0684. The molecule has 1 aliphatic carbocycles. The highest BCUT2D eigenvalue weighted by molar-refractivity contribution is 7.14. The molecule has 1 saturated heterocycles. The summed E-state index contributed by atoms with van der Waals surface area (Å²) in [6.45, 7) is 1.68. The second-order valence-electron chi connectivity index (χ2n) is 6.68. The minimum absolute atomic E-state index is 0.230. The molecule has 5 heteroatoms. The average molecular weight is 329 g/mol. The van der Waals surface area contributed by atoms with E-state index in [2.05, 4.69) is 15.6 Å². The lowest BCUT2D eigenvalue weighted by atomic mass is 10.1. The first-order valence-electron chi connectivity index (χ1n) is 8.69. The van der Waals surface area contributed by atoms with Crippen LogP contribution in [-0.4, -0.2) is 33.4 Å². The van der Waals surface area contributed by atoms with Crippen molar-refractivity contribution in [3.63, 3.8) is 0 Å². The fourth-order valence-electron chi connectivity index (χ4n) is 3.80. The minimum atomic E-state index is 0.230. The maximum Gasteiger partial charge on any atom is 0.264 e. The molecule has 0 aromatic carbocycles.